The largest absolute Gasteiger partial charge is 0.481 e. The number of pyridine rings is 1. The van der Waals surface area contributed by atoms with Crippen LogP contribution in [0.5, 0.6) is 5.88 Å². The lowest BCUT2D eigenvalue weighted by atomic mass is 9.98. The topological polar surface area (TPSA) is 86.3 Å². The van der Waals surface area contributed by atoms with Crippen LogP contribution in [0, 0.1) is 5.92 Å². The zero-order valence-corrected chi connectivity index (χ0v) is 13.4. The van der Waals surface area contributed by atoms with Gasteiger partial charge in [-0.25, -0.2) is 4.98 Å². The molecule has 3 heterocycles. The first-order valence-corrected chi connectivity index (χ1v) is 8.04. The number of aromatic nitrogens is 3. The van der Waals surface area contributed by atoms with Gasteiger partial charge in [-0.2, -0.15) is 4.98 Å². The number of ether oxygens (including phenoxy) is 1. The van der Waals surface area contributed by atoms with Gasteiger partial charge in [0.1, 0.15) is 5.52 Å². The van der Waals surface area contributed by atoms with Crippen molar-refractivity contribution in [2.24, 2.45) is 11.7 Å². The van der Waals surface area contributed by atoms with Gasteiger partial charge in [0, 0.05) is 25.7 Å². The molecule has 1 saturated heterocycles. The molecule has 2 aromatic rings. The average molecular weight is 317 g/mol. The van der Waals surface area contributed by atoms with Crippen molar-refractivity contribution in [1.29, 1.82) is 0 Å². The molecule has 1 fully saturated rings. The molecule has 0 spiro atoms. The van der Waals surface area contributed by atoms with Crippen LogP contribution in [0.3, 0.4) is 0 Å². The highest BCUT2D eigenvalue weighted by molar-refractivity contribution is 5.70. The molecule has 0 aromatic carbocycles. The van der Waals surface area contributed by atoms with E-state index in [1.807, 2.05) is 6.07 Å². The van der Waals surface area contributed by atoms with Crippen LogP contribution in [0.4, 0.5) is 0 Å². The summed E-state index contributed by atoms with van der Waals surface area (Å²) in [4.78, 5) is 23.1. The second-order valence-electron chi connectivity index (χ2n) is 5.99. The minimum Gasteiger partial charge on any atom is -0.481 e. The van der Waals surface area contributed by atoms with E-state index in [-0.39, 0.29) is 5.56 Å². The third-order valence-corrected chi connectivity index (χ3v) is 4.45. The molecule has 1 aliphatic rings. The van der Waals surface area contributed by atoms with Gasteiger partial charge in [0.05, 0.1) is 13.3 Å². The second kappa shape index (κ2) is 7.06. The highest BCUT2D eigenvalue weighted by atomic mass is 16.5. The van der Waals surface area contributed by atoms with Crippen LogP contribution in [0.15, 0.2) is 23.1 Å². The number of hydrogen-bond acceptors (Lipinski definition) is 6. The zero-order chi connectivity index (χ0) is 16.2. The number of piperidine rings is 1. The summed E-state index contributed by atoms with van der Waals surface area (Å²) in [5.41, 5.74) is 6.93. The van der Waals surface area contributed by atoms with Crippen molar-refractivity contribution in [3.63, 3.8) is 0 Å². The molecular weight excluding hydrogens is 294 g/mol. The fourth-order valence-electron chi connectivity index (χ4n) is 3.14. The smallest absolute Gasteiger partial charge is 0.270 e. The SMILES string of the molecule is COc1ccc2ncc(=O)n(CCN3CCC[C@@H](CN)C3)c2n1. The first-order chi connectivity index (χ1) is 11.2. The predicted octanol–water partition coefficient (Wildman–Crippen LogP) is 0.471. The lowest BCUT2D eigenvalue weighted by molar-refractivity contribution is 0.172. The van der Waals surface area contributed by atoms with Crippen molar-refractivity contribution in [1.82, 2.24) is 19.4 Å². The highest BCUT2D eigenvalue weighted by Gasteiger charge is 2.18. The number of nitrogens with zero attached hydrogens (tertiary/aromatic N) is 4. The normalized spacial score (nSPS) is 19.1. The quantitative estimate of drug-likeness (QED) is 0.863. The zero-order valence-electron chi connectivity index (χ0n) is 13.4. The number of fused-ring (bicyclic) bond motifs is 1. The Morgan fingerprint density at radius 2 is 2.26 bits per heavy atom. The van der Waals surface area contributed by atoms with E-state index in [4.69, 9.17) is 10.5 Å². The van der Waals surface area contributed by atoms with E-state index in [0.29, 0.717) is 29.5 Å². The van der Waals surface area contributed by atoms with E-state index in [0.717, 1.165) is 26.2 Å². The third kappa shape index (κ3) is 3.51. The van der Waals surface area contributed by atoms with E-state index >= 15 is 0 Å². The molecule has 1 atom stereocenters. The Morgan fingerprint density at radius 1 is 1.39 bits per heavy atom. The minimum atomic E-state index is -0.134. The molecule has 0 unspecified atom stereocenters. The maximum atomic E-state index is 12.2. The van der Waals surface area contributed by atoms with Crippen molar-refractivity contribution >= 4 is 11.2 Å². The molecule has 7 heteroatoms. The molecule has 0 bridgehead atoms. The van der Waals surface area contributed by atoms with Gasteiger partial charge in [0.25, 0.3) is 5.56 Å². The average Bonchev–Trinajstić information content (AvgIpc) is 2.60. The fraction of sp³-hybridized carbons (Fsp3) is 0.562. The van der Waals surface area contributed by atoms with E-state index in [2.05, 4.69) is 14.9 Å². The molecule has 124 valence electrons. The van der Waals surface area contributed by atoms with Gasteiger partial charge in [-0.3, -0.25) is 9.36 Å². The first kappa shape index (κ1) is 15.9. The monoisotopic (exact) mass is 317 g/mol. The van der Waals surface area contributed by atoms with Gasteiger partial charge in [-0.15, -0.1) is 0 Å². The Bertz CT molecular complexity index is 730. The molecule has 2 N–H and O–H groups in total. The summed E-state index contributed by atoms with van der Waals surface area (Å²) in [6.07, 6.45) is 3.72. The van der Waals surface area contributed by atoms with Crippen LogP contribution in [0.2, 0.25) is 0 Å². The molecular formula is C16H23N5O2. The maximum Gasteiger partial charge on any atom is 0.270 e. The van der Waals surface area contributed by atoms with Crippen molar-refractivity contribution < 1.29 is 4.74 Å². The molecule has 23 heavy (non-hydrogen) atoms. The number of nitrogens with two attached hydrogens (primary N) is 1. The fourth-order valence-corrected chi connectivity index (χ4v) is 3.14. The third-order valence-electron chi connectivity index (χ3n) is 4.45. The van der Waals surface area contributed by atoms with E-state index < -0.39 is 0 Å². The lowest BCUT2D eigenvalue weighted by Crippen LogP contribution is -2.40. The molecule has 7 nitrogen and oxygen atoms in total. The Balaban J connectivity index is 1.81. The van der Waals surface area contributed by atoms with Gasteiger partial charge in [-0.1, -0.05) is 0 Å². The molecule has 2 aromatic heterocycles. The summed E-state index contributed by atoms with van der Waals surface area (Å²) in [6.45, 7) is 4.20. The Labute approximate surface area is 135 Å². The Morgan fingerprint density at radius 3 is 3.04 bits per heavy atom. The summed E-state index contributed by atoms with van der Waals surface area (Å²) in [6, 6.07) is 3.57. The summed E-state index contributed by atoms with van der Waals surface area (Å²) in [5.74, 6) is 1.05. The molecule has 1 aliphatic heterocycles. The molecule has 0 radical (unpaired) electrons. The maximum absolute atomic E-state index is 12.2. The minimum absolute atomic E-state index is 0.134. The first-order valence-electron chi connectivity index (χ1n) is 8.04. The van der Waals surface area contributed by atoms with Gasteiger partial charge < -0.3 is 15.4 Å². The van der Waals surface area contributed by atoms with Crippen LogP contribution < -0.4 is 16.0 Å². The molecule has 3 rings (SSSR count). The standard InChI is InChI=1S/C16H23N5O2/c1-23-14-5-4-13-16(19-14)21(15(22)10-18-13)8-7-20-6-2-3-12(9-17)11-20/h4-5,10,12H,2-3,6-9,11,17H2,1H3/t12-/m0/s1. The predicted molar refractivity (Wildman–Crippen MR) is 88.6 cm³/mol. The number of hydrogen-bond donors (Lipinski definition) is 1. The van der Waals surface area contributed by atoms with E-state index in [1.165, 1.54) is 19.0 Å². The lowest BCUT2D eigenvalue weighted by Gasteiger charge is -2.32. The highest BCUT2D eigenvalue weighted by Crippen LogP contribution is 2.16. The van der Waals surface area contributed by atoms with Crippen LogP contribution in [0.25, 0.3) is 11.2 Å². The van der Waals surface area contributed by atoms with Crippen molar-refractivity contribution in [2.75, 3.05) is 33.3 Å². The van der Waals surface area contributed by atoms with Crippen LogP contribution in [0.1, 0.15) is 12.8 Å². The van der Waals surface area contributed by atoms with Crippen molar-refractivity contribution in [2.45, 2.75) is 19.4 Å². The number of methoxy groups -OCH3 is 1. The Kier molecular flexibility index (Phi) is 4.88. The Hall–Kier alpha value is -1.99. The van der Waals surface area contributed by atoms with Crippen molar-refractivity contribution in [3.05, 3.63) is 28.7 Å². The van der Waals surface area contributed by atoms with E-state index in [1.54, 1.807) is 17.7 Å². The molecule has 0 aliphatic carbocycles. The summed E-state index contributed by atoms with van der Waals surface area (Å²) in [5, 5.41) is 0. The van der Waals surface area contributed by atoms with Gasteiger partial charge in [0.15, 0.2) is 5.65 Å². The summed E-state index contributed by atoms with van der Waals surface area (Å²) >= 11 is 0. The molecule has 0 saturated carbocycles. The number of likely N-dealkylation sites (tertiary alicyclic amines) is 1. The summed E-state index contributed by atoms with van der Waals surface area (Å²) in [7, 11) is 1.56. The molecule has 0 amide bonds. The van der Waals surface area contributed by atoms with Gasteiger partial charge in [-0.05, 0) is 37.9 Å². The van der Waals surface area contributed by atoms with Gasteiger partial charge in [0.2, 0.25) is 5.88 Å². The number of rotatable bonds is 5. The summed E-state index contributed by atoms with van der Waals surface area (Å²) < 4.78 is 6.84. The van der Waals surface area contributed by atoms with Crippen molar-refractivity contribution in [3.8, 4) is 5.88 Å². The second-order valence-corrected chi connectivity index (χ2v) is 5.99. The van der Waals surface area contributed by atoms with E-state index in [9.17, 15) is 4.79 Å². The van der Waals surface area contributed by atoms with Gasteiger partial charge >= 0.3 is 0 Å². The van der Waals surface area contributed by atoms with Crippen LogP contribution in [-0.4, -0.2) is 52.7 Å². The van der Waals surface area contributed by atoms with Crippen LogP contribution >= 0.6 is 0 Å². The van der Waals surface area contributed by atoms with Crippen LogP contribution in [-0.2, 0) is 6.54 Å².